The fourth-order valence-corrected chi connectivity index (χ4v) is 5.96. The van der Waals surface area contributed by atoms with Crippen molar-refractivity contribution in [3.05, 3.63) is 0 Å². The van der Waals surface area contributed by atoms with E-state index in [1.807, 2.05) is 0 Å². The van der Waals surface area contributed by atoms with E-state index >= 15 is 0 Å². The van der Waals surface area contributed by atoms with Gasteiger partial charge in [-0.05, 0) is 33.1 Å². The van der Waals surface area contributed by atoms with Gasteiger partial charge < -0.3 is 29.2 Å². The molecule has 0 aromatic carbocycles. The number of rotatable bonds is 7. The molecule has 2 saturated heterocycles. The van der Waals surface area contributed by atoms with Crippen molar-refractivity contribution < 1.29 is 179 Å². The summed E-state index contributed by atoms with van der Waals surface area (Å²) in [7, 11) is 0. The third-order valence-corrected chi connectivity index (χ3v) is 11.0. The lowest BCUT2D eigenvalue weighted by Crippen LogP contribution is -2.90. The highest BCUT2D eigenvalue weighted by atomic mass is 19.4. The summed E-state index contributed by atoms with van der Waals surface area (Å²) in [4.78, 5) is 23.9. The van der Waals surface area contributed by atoms with E-state index in [1.54, 1.807) is 0 Å². The van der Waals surface area contributed by atoms with Crippen molar-refractivity contribution in [2.75, 3.05) is 0 Å². The maximum atomic E-state index is 14.9. The number of hydrogen-bond donors (Lipinski definition) is 2. The van der Waals surface area contributed by atoms with Crippen molar-refractivity contribution in [1.82, 2.24) is 0 Å². The molecule has 8 nitrogen and oxygen atoms in total. The molecule has 0 aromatic rings. The van der Waals surface area contributed by atoms with Gasteiger partial charge in [0.15, 0.2) is 10.8 Å². The average molecular weight is 1120 g/mol. The van der Waals surface area contributed by atoms with E-state index in [9.17, 15) is 155 Å². The first-order valence-corrected chi connectivity index (χ1v) is 17.3. The number of alkyl halides is 32. The van der Waals surface area contributed by atoms with Crippen LogP contribution in [0.2, 0.25) is 0 Å². The molecule has 0 amide bonds. The highest BCUT2D eigenvalue weighted by Crippen LogP contribution is 2.71. The van der Waals surface area contributed by atoms with Crippen LogP contribution in [0.1, 0.15) is 53.9 Å². The summed E-state index contributed by atoms with van der Waals surface area (Å²) in [6.45, 7) is -0.154. The zero-order chi connectivity index (χ0) is 57.2. The van der Waals surface area contributed by atoms with Gasteiger partial charge in [0.25, 0.3) is 11.2 Å². The summed E-state index contributed by atoms with van der Waals surface area (Å²) < 4.78 is 448. The number of ether oxygens (including phenoxy) is 4. The average Bonchev–Trinajstić information content (AvgIpc) is 3.10. The van der Waals surface area contributed by atoms with E-state index in [1.165, 1.54) is 0 Å². The van der Waals surface area contributed by atoms with Gasteiger partial charge in [0.2, 0.25) is 11.7 Å². The SMILES string of the molecule is CCC(C)(C(=O)OC1(C(F)(F)F)OC(C(F)(F)F)C(F)(F)C(O)(C(F)(F)F)C1(F)F)C(F)(F)F.CCC(C)(C(=O)OC1(C(F)(F)F)OC(CC)(C(F)(F)F)C(F)(F)C(O)(C(F)(F)F)C1(F)F)C(F)(F)F. The van der Waals surface area contributed by atoms with Crippen LogP contribution < -0.4 is 0 Å². The molecule has 2 rings (SSSR count). The molecule has 0 radical (unpaired) electrons. The lowest BCUT2D eigenvalue weighted by Gasteiger charge is -2.60. The van der Waals surface area contributed by atoms with E-state index in [2.05, 4.69) is 18.9 Å². The zero-order valence-electron chi connectivity index (χ0n) is 33.6. The number of esters is 2. The normalized spacial score (nSPS) is 32.6. The van der Waals surface area contributed by atoms with Gasteiger partial charge in [-0.3, -0.25) is 9.59 Å². The molecule has 0 bridgehead atoms. The van der Waals surface area contributed by atoms with Crippen LogP contribution >= 0.6 is 0 Å². The predicted octanol–water partition coefficient (Wildman–Crippen LogP) is 11.4. The Hall–Kier alpha value is -3.46. The molecule has 70 heavy (non-hydrogen) atoms. The molecule has 8 unspecified atom stereocenters. The quantitative estimate of drug-likeness (QED) is 0.192. The smallest absolute Gasteiger partial charge is 0.417 e. The molecule has 0 aromatic heterocycles. The number of halogens is 32. The van der Waals surface area contributed by atoms with E-state index in [0.717, 1.165) is 0 Å². The fraction of sp³-hybridized carbons (Fsp3) is 0.933. The minimum atomic E-state index is -7.83. The van der Waals surface area contributed by atoms with Crippen molar-refractivity contribution in [3.63, 3.8) is 0 Å². The number of aliphatic hydroxyl groups is 2. The summed E-state index contributed by atoms with van der Waals surface area (Å²) in [5.74, 6) is -51.8. The van der Waals surface area contributed by atoms with Crippen LogP contribution in [0.3, 0.4) is 0 Å². The fourth-order valence-electron chi connectivity index (χ4n) is 5.96. The molecule has 0 spiro atoms. The molecule has 40 heteroatoms. The monoisotopic (exact) mass is 1120 g/mol. The highest BCUT2D eigenvalue weighted by molar-refractivity contribution is 5.78. The van der Waals surface area contributed by atoms with Crippen molar-refractivity contribution in [3.8, 4) is 0 Å². The van der Waals surface area contributed by atoms with Gasteiger partial charge in [0.05, 0.1) is 0 Å². The molecule has 8 atom stereocenters. The van der Waals surface area contributed by atoms with E-state index in [0.29, 0.717) is 13.8 Å². The van der Waals surface area contributed by atoms with Gasteiger partial charge >= 0.3 is 96.6 Å². The van der Waals surface area contributed by atoms with Crippen molar-refractivity contribution >= 4 is 11.9 Å². The number of hydrogen-bond acceptors (Lipinski definition) is 8. The second-order valence-corrected chi connectivity index (χ2v) is 15.0. The molecule has 2 N–H and O–H groups in total. The highest BCUT2D eigenvalue weighted by Gasteiger charge is 3.02. The van der Waals surface area contributed by atoms with Gasteiger partial charge in [0.1, 0.15) is 0 Å². The molecule has 0 aliphatic carbocycles. The molecular formula is C30H24F32O8. The van der Waals surface area contributed by atoms with Crippen LogP contribution in [-0.2, 0) is 28.5 Å². The number of carbonyl (C=O) groups is 2. The molecular weight excluding hydrogens is 1100 g/mol. The minimum Gasteiger partial charge on any atom is -0.417 e. The van der Waals surface area contributed by atoms with Gasteiger partial charge in [-0.1, -0.05) is 20.8 Å². The summed E-state index contributed by atoms with van der Waals surface area (Å²) in [6.07, 6.45) is -69.0. The molecule has 2 fully saturated rings. The van der Waals surface area contributed by atoms with Crippen LogP contribution in [0.25, 0.3) is 0 Å². The Kier molecular flexibility index (Phi) is 15.7. The molecule has 2 aliphatic heterocycles. The molecule has 2 aliphatic rings. The van der Waals surface area contributed by atoms with Crippen LogP contribution in [0, 0.1) is 10.8 Å². The van der Waals surface area contributed by atoms with Gasteiger partial charge in [0, 0.05) is 0 Å². The van der Waals surface area contributed by atoms with E-state index < -0.39 is 150 Å². The van der Waals surface area contributed by atoms with E-state index in [-0.39, 0.29) is 20.8 Å². The lowest BCUT2D eigenvalue weighted by molar-refractivity contribution is -0.579. The topological polar surface area (TPSA) is 112 Å². The van der Waals surface area contributed by atoms with Crippen molar-refractivity contribution in [2.45, 2.75) is 161 Å². The third kappa shape index (κ3) is 8.36. The van der Waals surface area contributed by atoms with Crippen LogP contribution in [-0.4, -0.2) is 130 Å². The Morgan fingerprint density at radius 3 is 1.00 bits per heavy atom. The number of carbonyl (C=O) groups excluding carboxylic acids is 2. The van der Waals surface area contributed by atoms with Crippen LogP contribution in [0.5, 0.6) is 0 Å². The first-order chi connectivity index (χ1) is 30.0. The van der Waals surface area contributed by atoms with Gasteiger partial charge in [-0.25, -0.2) is 0 Å². The Morgan fingerprint density at radius 1 is 0.471 bits per heavy atom. The maximum Gasteiger partial charge on any atom is 0.462 e. The first-order valence-electron chi connectivity index (χ1n) is 17.3. The Bertz CT molecular complexity index is 1930. The Labute approximate surface area is 364 Å². The van der Waals surface area contributed by atoms with Crippen molar-refractivity contribution in [1.29, 1.82) is 0 Å². The van der Waals surface area contributed by atoms with Crippen molar-refractivity contribution in [2.24, 2.45) is 10.8 Å². The van der Waals surface area contributed by atoms with Gasteiger partial charge in [-0.15, -0.1) is 0 Å². The third-order valence-electron chi connectivity index (χ3n) is 11.0. The van der Waals surface area contributed by atoms with E-state index in [4.69, 9.17) is 5.11 Å². The second-order valence-electron chi connectivity index (χ2n) is 15.0. The lowest BCUT2D eigenvalue weighted by atomic mass is 9.69. The molecule has 2 heterocycles. The maximum absolute atomic E-state index is 14.9. The molecule has 416 valence electrons. The van der Waals surface area contributed by atoms with Gasteiger partial charge in [-0.2, -0.15) is 140 Å². The zero-order valence-corrected chi connectivity index (χ0v) is 33.6. The second kappa shape index (κ2) is 17.0. The first kappa shape index (κ1) is 64.6. The summed E-state index contributed by atoms with van der Waals surface area (Å²) >= 11 is 0. The summed E-state index contributed by atoms with van der Waals surface area (Å²) in [5, 5.41) is 18.5. The summed E-state index contributed by atoms with van der Waals surface area (Å²) in [5.41, 5.74) is -30.2. The standard InChI is InChI=1S/C16H14F16O4.C14H10F16O4/c1-4-7(3,13(21,22)23)6(33)35-12(16(30,31)32)11(19,20)9(34,15(27,28)29)10(17,18)8(5-2,36-12)14(24,25)26;1-3-6(2,12(22,23)24)5(31)34-11(14(28,29)30)10(20,21)9(32,13(25,26)27)7(15,16)4(33-11)8(17,18)19/h34H,4-5H2,1-3H3;4,32H,3H2,1-2H3. The van der Waals surface area contributed by atoms with Crippen LogP contribution in [0.15, 0.2) is 0 Å². The Balaban J connectivity index is 0.000000701. The largest absolute Gasteiger partial charge is 0.462 e. The molecule has 0 saturated carbocycles. The predicted molar refractivity (Wildman–Crippen MR) is 152 cm³/mol. The summed E-state index contributed by atoms with van der Waals surface area (Å²) in [6, 6.07) is 0. The Morgan fingerprint density at radius 2 is 0.771 bits per heavy atom. The van der Waals surface area contributed by atoms with Crippen LogP contribution in [0.4, 0.5) is 140 Å². The minimum absolute atomic E-state index is 0.226.